The first kappa shape index (κ1) is 23.3. The Morgan fingerprint density at radius 1 is 1.06 bits per heavy atom. The van der Waals surface area contributed by atoms with Crippen LogP contribution in [0.1, 0.15) is 34.0 Å². The van der Waals surface area contributed by atoms with Crippen LogP contribution in [0, 0.1) is 6.92 Å². The number of aromatic carboxylic acids is 1. The zero-order valence-corrected chi connectivity index (χ0v) is 19.0. The molecule has 0 aliphatic heterocycles. The van der Waals surface area contributed by atoms with Gasteiger partial charge < -0.3 is 24.6 Å². The Kier molecular flexibility index (Phi) is 7.84. The molecule has 3 aromatic rings. The molecule has 0 fully saturated rings. The maximum Gasteiger partial charge on any atom is 0.335 e. The third-order valence-corrected chi connectivity index (χ3v) is 5.21. The first-order valence-electron chi connectivity index (χ1n) is 10.2. The van der Waals surface area contributed by atoms with Crippen LogP contribution in [0.15, 0.2) is 54.6 Å². The van der Waals surface area contributed by atoms with Crippen LogP contribution in [0.2, 0.25) is 5.02 Å². The number of carboxylic acids is 1. The van der Waals surface area contributed by atoms with E-state index in [1.165, 1.54) is 19.2 Å². The van der Waals surface area contributed by atoms with Gasteiger partial charge in [-0.15, -0.1) is 0 Å². The second-order valence-corrected chi connectivity index (χ2v) is 7.53. The zero-order chi connectivity index (χ0) is 23.1. The van der Waals surface area contributed by atoms with Crippen LogP contribution in [0.5, 0.6) is 17.2 Å². The van der Waals surface area contributed by atoms with E-state index >= 15 is 0 Å². The van der Waals surface area contributed by atoms with E-state index in [2.05, 4.69) is 5.32 Å². The summed E-state index contributed by atoms with van der Waals surface area (Å²) in [5.74, 6) is 0.583. The Labute approximate surface area is 192 Å². The smallest absolute Gasteiger partial charge is 0.335 e. The molecule has 6 nitrogen and oxygen atoms in total. The monoisotopic (exact) mass is 455 g/mol. The summed E-state index contributed by atoms with van der Waals surface area (Å²) in [5, 5.41) is 12.9. The maximum absolute atomic E-state index is 11.3. The first-order valence-corrected chi connectivity index (χ1v) is 10.6. The molecule has 0 aliphatic carbocycles. The van der Waals surface area contributed by atoms with E-state index in [9.17, 15) is 9.90 Å². The van der Waals surface area contributed by atoms with Crippen molar-refractivity contribution in [2.45, 2.75) is 27.0 Å². The molecule has 0 atom stereocenters. The Morgan fingerprint density at radius 2 is 1.84 bits per heavy atom. The highest BCUT2D eigenvalue weighted by Crippen LogP contribution is 2.38. The lowest BCUT2D eigenvalue weighted by Crippen LogP contribution is -2.06. The number of anilines is 1. The van der Waals surface area contributed by atoms with E-state index in [0.29, 0.717) is 47.7 Å². The largest absolute Gasteiger partial charge is 0.495 e. The Morgan fingerprint density at radius 3 is 2.53 bits per heavy atom. The normalized spacial score (nSPS) is 10.5. The molecule has 7 heteroatoms. The highest BCUT2D eigenvalue weighted by atomic mass is 35.5. The van der Waals surface area contributed by atoms with Crippen LogP contribution in [0.3, 0.4) is 0 Å². The number of nitrogens with one attached hydrogen (secondary N) is 1. The molecule has 3 aromatic carbocycles. The number of ether oxygens (including phenoxy) is 3. The van der Waals surface area contributed by atoms with Crippen molar-refractivity contribution in [3.63, 3.8) is 0 Å². The number of aryl methyl sites for hydroxylation is 1. The van der Waals surface area contributed by atoms with Gasteiger partial charge in [-0.25, -0.2) is 4.79 Å². The molecule has 0 saturated carbocycles. The summed E-state index contributed by atoms with van der Waals surface area (Å²) >= 11 is 6.55. The number of benzene rings is 3. The van der Waals surface area contributed by atoms with Gasteiger partial charge in [0.15, 0.2) is 11.5 Å². The third kappa shape index (κ3) is 5.65. The molecular weight excluding hydrogens is 430 g/mol. The second kappa shape index (κ2) is 10.8. The lowest BCUT2D eigenvalue weighted by molar-refractivity contribution is 0.0697. The number of hydrogen-bond acceptors (Lipinski definition) is 5. The quantitative estimate of drug-likeness (QED) is 0.393. The zero-order valence-electron chi connectivity index (χ0n) is 18.3. The standard InChI is InChI=1S/C25H26ClNO5/c1-4-31-23-12-17(14-27-21-13-18(25(28)29)9-10-22(21)30-3)11-20(26)24(23)32-15-19-8-6-5-7-16(19)2/h5-13,27H,4,14-15H2,1-3H3,(H,28,29). The van der Waals surface area contributed by atoms with Gasteiger partial charge in [-0.1, -0.05) is 35.9 Å². The minimum Gasteiger partial charge on any atom is -0.495 e. The number of halogens is 1. The number of methoxy groups -OCH3 is 1. The van der Waals surface area contributed by atoms with Crippen molar-refractivity contribution in [2.75, 3.05) is 19.0 Å². The molecule has 0 radical (unpaired) electrons. The number of rotatable bonds is 10. The molecule has 2 N–H and O–H groups in total. The minimum absolute atomic E-state index is 0.168. The lowest BCUT2D eigenvalue weighted by Gasteiger charge is -2.17. The van der Waals surface area contributed by atoms with Crippen molar-refractivity contribution < 1.29 is 24.1 Å². The first-order chi connectivity index (χ1) is 15.4. The molecule has 3 rings (SSSR count). The predicted octanol–water partition coefficient (Wildman–Crippen LogP) is 5.95. The van der Waals surface area contributed by atoms with E-state index in [1.807, 2.05) is 44.2 Å². The van der Waals surface area contributed by atoms with Crippen LogP contribution < -0.4 is 19.5 Å². The van der Waals surface area contributed by atoms with Gasteiger partial charge in [0, 0.05) is 6.54 Å². The van der Waals surface area contributed by atoms with Gasteiger partial charge in [-0.2, -0.15) is 0 Å². The van der Waals surface area contributed by atoms with E-state index in [-0.39, 0.29) is 5.56 Å². The van der Waals surface area contributed by atoms with Crippen molar-refractivity contribution in [3.05, 3.63) is 81.9 Å². The van der Waals surface area contributed by atoms with Gasteiger partial charge in [0.05, 0.1) is 30.0 Å². The van der Waals surface area contributed by atoms with E-state index in [1.54, 1.807) is 12.1 Å². The summed E-state index contributed by atoms with van der Waals surface area (Å²) in [7, 11) is 1.53. The van der Waals surface area contributed by atoms with Crippen molar-refractivity contribution in [3.8, 4) is 17.2 Å². The average Bonchev–Trinajstić information content (AvgIpc) is 2.78. The number of carbonyl (C=O) groups is 1. The van der Waals surface area contributed by atoms with Gasteiger partial charge in [0.1, 0.15) is 12.4 Å². The molecule has 0 aliphatic rings. The summed E-state index contributed by atoms with van der Waals surface area (Å²) in [6.07, 6.45) is 0. The fraction of sp³-hybridized carbons (Fsp3) is 0.240. The molecule has 0 amide bonds. The molecular formula is C25H26ClNO5. The van der Waals surface area contributed by atoms with Crippen molar-refractivity contribution in [2.24, 2.45) is 0 Å². The molecule has 0 aromatic heterocycles. The fourth-order valence-electron chi connectivity index (χ4n) is 3.22. The summed E-state index contributed by atoms with van der Waals surface area (Å²) in [6.45, 7) is 5.15. The Hall–Kier alpha value is -3.38. The molecule has 168 valence electrons. The van der Waals surface area contributed by atoms with E-state index in [4.69, 9.17) is 25.8 Å². The Bertz CT molecular complexity index is 1100. The van der Waals surface area contributed by atoms with Gasteiger partial charge in [0.2, 0.25) is 0 Å². The molecule has 0 unspecified atom stereocenters. The van der Waals surface area contributed by atoms with E-state index < -0.39 is 5.97 Å². The summed E-state index contributed by atoms with van der Waals surface area (Å²) < 4.78 is 17.1. The van der Waals surface area contributed by atoms with Crippen molar-refractivity contribution >= 4 is 23.3 Å². The number of carboxylic acid groups (broad SMARTS) is 1. The molecule has 32 heavy (non-hydrogen) atoms. The van der Waals surface area contributed by atoms with Gasteiger partial charge >= 0.3 is 5.97 Å². The topological polar surface area (TPSA) is 77.0 Å². The number of hydrogen-bond donors (Lipinski definition) is 2. The molecule has 0 spiro atoms. The molecule has 0 heterocycles. The molecule has 0 bridgehead atoms. The average molecular weight is 456 g/mol. The van der Waals surface area contributed by atoms with Crippen molar-refractivity contribution in [1.29, 1.82) is 0 Å². The van der Waals surface area contributed by atoms with Crippen LogP contribution in [0.4, 0.5) is 5.69 Å². The van der Waals surface area contributed by atoms with Gasteiger partial charge in [-0.3, -0.25) is 0 Å². The van der Waals surface area contributed by atoms with Gasteiger partial charge in [0.25, 0.3) is 0 Å². The summed E-state index contributed by atoms with van der Waals surface area (Å²) in [5.41, 5.74) is 3.80. The third-order valence-electron chi connectivity index (χ3n) is 4.93. The van der Waals surface area contributed by atoms with Crippen LogP contribution in [0.25, 0.3) is 0 Å². The molecule has 0 saturated heterocycles. The lowest BCUT2D eigenvalue weighted by atomic mass is 10.1. The fourth-order valence-corrected chi connectivity index (χ4v) is 3.51. The SMILES string of the molecule is CCOc1cc(CNc2cc(C(=O)O)ccc2OC)cc(Cl)c1OCc1ccccc1C. The minimum atomic E-state index is -1.01. The summed E-state index contributed by atoms with van der Waals surface area (Å²) in [4.78, 5) is 11.3. The summed E-state index contributed by atoms with van der Waals surface area (Å²) in [6, 6.07) is 16.3. The van der Waals surface area contributed by atoms with Crippen molar-refractivity contribution in [1.82, 2.24) is 0 Å². The van der Waals surface area contributed by atoms with Crippen LogP contribution in [-0.2, 0) is 13.2 Å². The van der Waals surface area contributed by atoms with Crippen LogP contribution >= 0.6 is 11.6 Å². The Balaban J connectivity index is 1.81. The highest BCUT2D eigenvalue weighted by molar-refractivity contribution is 6.32. The van der Waals surface area contributed by atoms with Crippen LogP contribution in [-0.4, -0.2) is 24.8 Å². The highest BCUT2D eigenvalue weighted by Gasteiger charge is 2.15. The van der Waals surface area contributed by atoms with Gasteiger partial charge in [-0.05, 0) is 60.9 Å². The second-order valence-electron chi connectivity index (χ2n) is 7.13. The maximum atomic E-state index is 11.3. The van der Waals surface area contributed by atoms with E-state index in [0.717, 1.165) is 16.7 Å². The predicted molar refractivity (Wildman–Crippen MR) is 125 cm³/mol.